The fourth-order valence-electron chi connectivity index (χ4n) is 2.38. The van der Waals surface area contributed by atoms with Gasteiger partial charge in [-0.1, -0.05) is 18.2 Å². The fraction of sp³-hybridized carbons (Fsp3) is 0.222. The zero-order valence-corrected chi connectivity index (χ0v) is 13.6. The van der Waals surface area contributed by atoms with Crippen molar-refractivity contribution in [2.75, 3.05) is 10.6 Å². The molecule has 24 heavy (non-hydrogen) atoms. The summed E-state index contributed by atoms with van der Waals surface area (Å²) in [5, 5.41) is 16.6. The number of nitrogens with zero attached hydrogens (tertiary/aromatic N) is 4. The van der Waals surface area contributed by atoms with Crippen LogP contribution in [0.3, 0.4) is 0 Å². The van der Waals surface area contributed by atoms with Crippen LogP contribution < -0.4 is 10.6 Å². The van der Waals surface area contributed by atoms with Gasteiger partial charge in [0.1, 0.15) is 5.82 Å². The standard InChI is InChI=1S/C18H18N6/c1-12(2)22-18-23-16-15(8-5-9-20-16)17(24-18)21-11-14-7-4-3-6-13(14)10-19/h3-9,12H,11H2,1-2H3,(H2,20,21,22,23,24). The summed E-state index contributed by atoms with van der Waals surface area (Å²) < 4.78 is 0. The molecule has 0 aliphatic rings. The lowest BCUT2D eigenvalue weighted by Gasteiger charge is -2.13. The van der Waals surface area contributed by atoms with E-state index in [9.17, 15) is 5.26 Å². The smallest absolute Gasteiger partial charge is 0.226 e. The van der Waals surface area contributed by atoms with Gasteiger partial charge in [0.2, 0.25) is 5.95 Å². The van der Waals surface area contributed by atoms with Crippen molar-refractivity contribution >= 4 is 22.8 Å². The van der Waals surface area contributed by atoms with E-state index in [0.717, 1.165) is 10.9 Å². The maximum absolute atomic E-state index is 9.21. The molecule has 0 bridgehead atoms. The van der Waals surface area contributed by atoms with Crippen molar-refractivity contribution in [3.63, 3.8) is 0 Å². The normalized spacial score (nSPS) is 10.6. The van der Waals surface area contributed by atoms with E-state index in [0.29, 0.717) is 29.5 Å². The van der Waals surface area contributed by atoms with Crippen LogP contribution in [0.4, 0.5) is 11.8 Å². The van der Waals surface area contributed by atoms with Crippen molar-refractivity contribution in [1.82, 2.24) is 15.0 Å². The lowest BCUT2D eigenvalue weighted by atomic mass is 10.1. The van der Waals surface area contributed by atoms with Gasteiger partial charge in [-0.05, 0) is 37.6 Å². The van der Waals surface area contributed by atoms with Crippen LogP contribution in [0.15, 0.2) is 42.6 Å². The number of rotatable bonds is 5. The molecule has 0 aliphatic heterocycles. The second kappa shape index (κ2) is 6.92. The minimum atomic E-state index is 0.221. The first-order valence-corrected chi connectivity index (χ1v) is 7.78. The SMILES string of the molecule is CC(C)Nc1nc(NCc2ccccc2C#N)c2cccnc2n1. The number of nitrogens with one attached hydrogen (secondary N) is 2. The fourth-order valence-corrected chi connectivity index (χ4v) is 2.38. The maximum atomic E-state index is 9.21. The Morgan fingerprint density at radius 3 is 2.75 bits per heavy atom. The zero-order valence-electron chi connectivity index (χ0n) is 13.6. The first-order chi connectivity index (χ1) is 11.7. The summed E-state index contributed by atoms with van der Waals surface area (Å²) in [6.07, 6.45) is 1.71. The Hall–Kier alpha value is -3.20. The van der Waals surface area contributed by atoms with Gasteiger partial charge in [0.15, 0.2) is 5.65 Å². The van der Waals surface area contributed by atoms with Crippen molar-refractivity contribution in [3.8, 4) is 6.07 Å². The highest BCUT2D eigenvalue weighted by Gasteiger charge is 2.10. The Balaban J connectivity index is 1.94. The van der Waals surface area contributed by atoms with Crippen LogP contribution in [0.25, 0.3) is 11.0 Å². The molecule has 0 saturated carbocycles. The lowest BCUT2D eigenvalue weighted by Crippen LogP contribution is -2.14. The number of hydrogen-bond acceptors (Lipinski definition) is 6. The highest BCUT2D eigenvalue weighted by molar-refractivity contribution is 5.87. The number of aromatic nitrogens is 3. The van der Waals surface area contributed by atoms with Crippen molar-refractivity contribution in [2.24, 2.45) is 0 Å². The van der Waals surface area contributed by atoms with Crippen LogP contribution >= 0.6 is 0 Å². The molecule has 0 saturated heterocycles. The third kappa shape index (κ3) is 3.41. The van der Waals surface area contributed by atoms with Gasteiger partial charge < -0.3 is 10.6 Å². The molecule has 120 valence electrons. The monoisotopic (exact) mass is 318 g/mol. The van der Waals surface area contributed by atoms with Crippen LogP contribution in [0.5, 0.6) is 0 Å². The lowest BCUT2D eigenvalue weighted by molar-refractivity contribution is 0.876. The maximum Gasteiger partial charge on any atom is 0.226 e. The number of anilines is 2. The molecule has 0 amide bonds. The third-order valence-corrected chi connectivity index (χ3v) is 3.47. The third-order valence-electron chi connectivity index (χ3n) is 3.47. The van der Waals surface area contributed by atoms with Crippen LogP contribution in [0, 0.1) is 11.3 Å². The summed E-state index contributed by atoms with van der Waals surface area (Å²) in [5.41, 5.74) is 2.21. The van der Waals surface area contributed by atoms with Gasteiger partial charge in [-0.25, -0.2) is 4.98 Å². The molecule has 3 rings (SSSR count). The first kappa shape index (κ1) is 15.7. The Morgan fingerprint density at radius 1 is 1.12 bits per heavy atom. The number of benzene rings is 1. The van der Waals surface area contributed by atoms with Gasteiger partial charge in [-0.3, -0.25) is 0 Å². The Morgan fingerprint density at radius 2 is 1.96 bits per heavy atom. The topological polar surface area (TPSA) is 86.5 Å². The second-order valence-corrected chi connectivity index (χ2v) is 5.69. The quantitative estimate of drug-likeness (QED) is 0.750. The summed E-state index contributed by atoms with van der Waals surface area (Å²) in [7, 11) is 0. The van der Waals surface area contributed by atoms with Gasteiger partial charge in [0.25, 0.3) is 0 Å². The Kier molecular flexibility index (Phi) is 4.52. The van der Waals surface area contributed by atoms with E-state index in [-0.39, 0.29) is 6.04 Å². The molecule has 2 N–H and O–H groups in total. The Bertz CT molecular complexity index is 897. The molecule has 0 atom stereocenters. The first-order valence-electron chi connectivity index (χ1n) is 7.78. The van der Waals surface area contributed by atoms with Gasteiger partial charge in [-0.15, -0.1) is 0 Å². The van der Waals surface area contributed by atoms with E-state index in [4.69, 9.17) is 0 Å². The highest BCUT2D eigenvalue weighted by Crippen LogP contribution is 2.21. The molecule has 6 nitrogen and oxygen atoms in total. The molecule has 0 aliphatic carbocycles. The predicted molar refractivity (Wildman–Crippen MR) is 94.6 cm³/mol. The summed E-state index contributed by atoms with van der Waals surface area (Å²) >= 11 is 0. The van der Waals surface area contributed by atoms with Gasteiger partial charge in [-0.2, -0.15) is 15.2 Å². The van der Waals surface area contributed by atoms with E-state index in [1.165, 1.54) is 0 Å². The molecule has 0 fully saturated rings. The van der Waals surface area contributed by atoms with E-state index in [1.54, 1.807) is 6.20 Å². The Labute approximate surface area is 140 Å². The van der Waals surface area contributed by atoms with Crippen LogP contribution in [-0.4, -0.2) is 21.0 Å². The zero-order chi connectivity index (χ0) is 16.9. The molecule has 0 spiro atoms. The van der Waals surface area contributed by atoms with E-state index >= 15 is 0 Å². The molecule has 1 aromatic carbocycles. The minimum Gasteiger partial charge on any atom is -0.365 e. The van der Waals surface area contributed by atoms with E-state index < -0.39 is 0 Å². The van der Waals surface area contributed by atoms with Crippen LogP contribution in [-0.2, 0) is 6.54 Å². The van der Waals surface area contributed by atoms with Gasteiger partial charge in [0, 0.05) is 18.8 Å². The van der Waals surface area contributed by atoms with Crippen molar-refractivity contribution in [2.45, 2.75) is 26.4 Å². The molecule has 3 aromatic rings. The van der Waals surface area contributed by atoms with Gasteiger partial charge in [0.05, 0.1) is 17.0 Å². The molecule has 0 unspecified atom stereocenters. The summed E-state index contributed by atoms with van der Waals surface area (Å²) in [5.74, 6) is 1.23. The largest absolute Gasteiger partial charge is 0.365 e. The number of hydrogen-bond donors (Lipinski definition) is 2. The van der Waals surface area contributed by atoms with E-state index in [1.807, 2.05) is 50.2 Å². The van der Waals surface area contributed by atoms with Crippen molar-refractivity contribution in [1.29, 1.82) is 5.26 Å². The molecular formula is C18H18N6. The average Bonchev–Trinajstić information content (AvgIpc) is 2.59. The predicted octanol–water partition coefficient (Wildman–Crippen LogP) is 3.33. The second-order valence-electron chi connectivity index (χ2n) is 5.69. The van der Waals surface area contributed by atoms with E-state index in [2.05, 4.69) is 31.7 Å². The molecule has 0 radical (unpaired) electrons. The van der Waals surface area contributed by atoms with Crippen molar-refractivity contribution in [3.05, 3.63) is 53.7 Å². The molecule has 6 heteroatoms. The summed E-state index contributed by atoms with van der Waals surface area (Å²) in [6, 6.07) is 13.7. The number of pyridine rings is 1. The van der Waals surface area contributed by atoms with Crippen LogP contribution in [0.2, 0.25) is 0 Å². The van der Waals surface area contributed by atoms with Gasteiger partial charge >= 0.3 is 0 Å². The highest BCUT2D eigenvalue weighted by atomic mass is 15.2. The molecule has 2 heterocycles. The minimum absolute atomic E-state index is 0.221. The summed E-state index contributed by atoms with van der Waals surface area (Å²) in [6.45, 7) is 4.57. The number of nitriles is 1. The molecule has 2 aromatic heterocycles. The van der Waals surface area contributed by atoms with Crippen LogP contribution in [0.1, 0.15) is 25.0 Å². The van der Waals surface area contributed by atoms with Crippen molar-refractivity contribution < 1.29 is 0 Å². The number of fused-ring (bicyclic) bond motifs is 1. The molecular weight excluding hydrogens is 300 g/mol. The summed E-state index contributed by atoms with van der Waals surface area (Å²) in [4.78, 5) is 13.3. The average molecular weight is 318 g/mol.